The Kier molecular flexibility index (Phi) is 6.85. The van der Waals surface area contributed by atoms with Crippen LogP contribution in [0.4, 0.5) is 4.79 Å². The van der Waals surface area contributed by atoms with Crippen LogP contribution in [0.1, 0.15) is 47.5 Å². The third-order valence-electron chi connectivity index (χ3n) is 4.02. The van der Waals surface area contributed by atoms with Crippen molar-refractivity contribution in [3.8, 4) is 0 Å². The fraction of sp³-hybridized carbons (Fsp3) is 0.579. The molecule has 0 unspecified atom stereocenters. The second-order valence-electron chi connectivity index (χ2n) is 7.07. The van der Waals surface area contributed by atoms with Gasteiger partial charge in [0.15, 0.2) is 0 Å². The number of hydrogen-bond acceptors (Lipinski definition) is 4. The van der Waals surface area contributed by atoms with Gasteiger partial charge < -0.3 is 20.1 Å². The lowest BCUT2D eigenvalue weighted by molar-refractivity contribution is -0.132. The third kappa shape index (κ3) is 5.11. The minimum Gasteiger partial charge on any atom is -0.478 e. The number of amides is 1. The Labute approximate surface area is 150 Å². The Hall–Kier alpha value is -2.24. The van der Waals surface area contributed by atoms with Gasteiger partial charge in [-0.05, 0) is 39.2 Å². The van der Waals surface area contributed by atoms with Crippen LogP contribution in [0.5, 0.6) is 0 Å². The summed E-state index contributed by atoms with van der Waals surface area (Å²) in [4.78, 5) is 26.2. The molecule has 1 aliphatic heterocycles. The Morgan fingerprint density at radius 2 is 1.96 bits per heavy atom. The number of allylic oxidation sites excluding steroid dienone is 1. The van der Waals surface area contributed by atoms with Crippen LogP contribution < -0.4 is 5.32 Å². The Morgan fingerprint density at radius 3 is 2.36 bits per heavy atom. The second-order valence-corrected chi connectivity index (χ2v) is 7.07. The van der Waals surface area contributed by atoms with Crippen LogP contribution in [-0.2, 0) is 9.53 Å². The average Bonchev–Trinajstić information content (AvgIpc) is 2.49. The zero-order valence-electron chi connectivity index (χ0n) is 16.1. The summed E-state index contributed by atoms with van der Waals surface area (Å²) in [7, 11) is 1.93. The van der Waals surface area contributed by atoms with Crippen LogP contribution >= 0.6 is 0 Å². The second kappa shape index (κ2) is 8.23. The number of nitrogens with one attached hydrogen (secondary N) is 1. The third-order valence-corrected chi connectivity index (χ3v) is 4.02. The maximum Gasteiger partial charge on any atom is 0.408 e. The molecule has 0 bridgehead atoms. The van der Waals surface area contributed by atoms with Crippen LogP contribution in [0.3, 0.4) is 0 Å². The molecule has 0 saturated heterocycles. The average molecular weight is 350 g/mol. The minimum atomic E-state index is -0.983. The van der Waals surface area contributed by atoms with Crippen molar-refractivity contribution in [3.05, 3.63) is 35.1 Å². The summed E-state index contributed by atoms with van der Waals surface area (Å²) in [5.74, 6) is -0.983. The zero-order chi connectivity index (χ0) is 19.4. The highest BCUT2D eigenvalue weighted by atomic mass is 16.6. The number of nitrogens with zero attached hydrogens (tertiary/aromatic N) is 1. The molecular weight excluding hydrogens is 320 g/mol. The molecule has 2 N–H and O–H groups in total. The van der Waals surface area contributed by atoms with Crippen molar-refractivity contribution in [2.45, 2.75) is 59.1 Å². The summed E-state index contributed by atoms with van der Waals surface area (Å²) in [5.41, 5.74) is 1.94. The molecule has 1 atom stereocenters. The number of rotatable bonds is 6. The molecule has 0 aromatic heterocycles. The van der Waals surface area contributed by atoms with Gasteiger partial charge in [0, 0.05) is 24.9 Å². The van der Waals surface area contributed by atoms with Crippen LogP contribution in [0.2, 0.25) is 0 Å². The summed E-state index contributed by atoms with van der Waals surface area (Å²) < 4.78 is 5.31. The van der Waals surface area contributed by atoms with Crippen molar-refractivity contribution in [3.63, 3.8) is 0 Å². The number of carboxylic acid groups (broad SMARTS) is 1. The Morgan fingerprint density at radius 1 is 1.36 bits per heavy atom. The van der Waals surface area contributed by atoms with Gasteiger partial charge in [-0.25, -0.2) is 9.59 Å². The van der Waals surface area contributed by atoms with Gasteiger partial charge in [0.2, 0.25) is 0 Å². The minimum absolute atomic E-state index is 0.276. The first-order chi connectivity index (χ1) is 11.6. The first kappa shape index (κ1) is 20.8. The van der Waals surface area contributed by atoms with Gasteiger partial charge in [-0.15, -0.1) is 6.58 Å². The van der Waals surface area contributed by atoms with E-state index < -0.39 is 23.7 Å². The lowest BCUT2D eigenvalue weighted by atomic mass is 9.86. The summed E-state index contributed by atoms with van der Waals surface area (Å²) in [6.07, 6.45) is 2.23. The number of aliphatic carboxylic acids is 1. The Balaban J connectivity index is 3.36. The molecule has 0 fully saturated rings. The molecule has 25 heavy (non-hydrogen) atoms. The largest absolute Gasteiger partial charge is 0.478 e. The van der Waals surface area contributed by atoms with E-state index in [1.54, 1.807) is 26.8 Å². The lowest BCUT2D eigenvalue weighted by Gasteiger charge is -2.35. The van der Waals surface area contributed by atoms with E-state index in [0.29, 0.717) is 25.0 Å². The number of carbonyl (C=O) groups excluding carboxylic acids is 1. The molecule has 1 heterocycles. The Bertz CT molecular complexity index is 611. The van der Waals surface area contributed by atoms with Gasteiger partial charge in [0.25, 0.3) is 0 Å². The highest BCUT2D eigenvalue weighted by Gasteiger charge is 2.33. The van der Waals surface area contributed by atoms with Crippen LogP contribution in [0.15, 0.2) is 35.1 Å². The summed E-state index contributed by atoms with van der Waals surface area (Å²) in [6, 6.07) is -0.639. The summed E-state index contributed by atoms with van der Waals surface area (Å²) >= 11 is 0. The quantitative estimate of drug-likeness (QED) is 0.717. The first-order valence-electron chi connectivity index (χ1n) is 8.57. The molecule has 1 rings (SSSR count). The van der Waals surface area contributed by atoms with E-state index in [2.05, 4.69) is 11.9 Å². The van der Waals surface area contributed by atoms with E-state index in [4.69, 9.17) is 4.74 Å². The normalized spacial score (nSPS) is 16.6. The maximum absolute atomic E-state index is 12.2. The molecule has 6 nitrogen and oxygen atoms in total. The molecule has 0 aromatic carbocycles. The molecule has 140 valence electrons. The van der Waals surface area contributed by atoms with Gasteiger partial charge in [-0.2, -0.15) is 0 Å². The number of carboxylic acids is 1. The molecule has 0 aromatic rings. The van der Waals surface area contributed by atoms with E-state index in [1.807, 2.05) is 25.8 Å². The van der Waals surface area contributed by atoms with Gasteiger partial charge in [0.1, 0.15) is 5.60 Å². The fourth-order valence-electron chi connectivity index (χ4n) is 3.03. The first-order valence-corrected chi connectivity index (χ1v) is 8.57. The molecule has 0 spiro atoms. The van der Waals surface area contributed by atoms with Crippen molar-refractivity contribution in [1.82, 2.24) is 10.2 Å². The van der Waals surface area contributed by atoms with Crippen molar-refractivity contribution in [2.24, 2.45) is 0 Å². The smallest absolute Gasteiger partial charge is 0.408 e. The van der Waals surface area contributed by atoms with E-state index in [0.717, 1.165) is 11.3 Å². The standard InChI is InChI=1S/C19H30N2O4/c1-8-12-11-21(7)14(10-3)16(15(12)17(22)23)13(9-2)20-18(24)25-19(4,5)6/h9,13H,2,8,10-11H2,1,3-7H3,(H,20,24)(H,22,23)/t13-/m1/s1. The number of alkyl carbamates (subject to hydrolysis) is 1. The van der Waals surface area contributed by atoms with Crippen molar-refractivity contribution < 1.29 is 19.4 Å². The number of hydrogen-bond donors (Lipinski definition) is 2. The van der Waals surface area contributed by atoms with Crippen LogP contribution in [0.25, 0.3) is 0 Å². The van der Waals surface area contributed by atoms with Gasteiger partial charge in [-0.1, -0.05) is 19.9 Å². The molecular formula is C19H30N2O4. The van der Waals surface area contributed by atoms with E-state index in [-0.39, 0.29) is 5.57 Å². The molecule has 0 radical (unpaired) electrons. The topological polar surface area (TPSA) is 78.9 Å². The SMILES string of the molecule is C=C[C@@H](NC(=O)OC(C)(C)C)C1=C(CC)N(C)CC(CC)=C1C(=O)O. The molecule has 0 aliphatic carbocycles. The van der Waals surface area contributed by atoms with Gasteiger partial charge in [-0.3, -0.25) is 0 Å². The van der Waals surface area contributed by atoms with Crippen molar-refractivity contribution in [1.29, 1.82) is 0 Å². The van der Waals surface area contributed by atoms with Crippen LogP contribution in [-0.4, -0.2) is 47.3 Å². The lowest BCUT2D eigenvalue weighted by Crippen LogP contribution is -2.43. The predicted molar refractivity (Wildman–Crippen MR) is 98.3 cm³/mol. The molecule has 1 amide bonds. The van der Waals surface area contributed by atoms with Crippen LogP contribution in [0, 0.1) is 0 Å². The molecule has 1 aliphatic rings. The van der Waals surface area contributed by atoms with Crippen molar-refractivity contribution >= 4 is 12.1 Å². The van der Waals surface area contributed by atoms with E-state index in [1.165, 1.54) is 0 Å². The highest BCUT2D eigenvalue weighted by molar-refractivity contribution is 5.94. The molecule has 0 saturated carbocycles. The van der Waals surface area contributed by atoms with E-state index >= 15 is 0 Å². The molecule has 6 heteroatoms. The number of carbonyl (C=O) groups is 2. The van der Waals surface area contributed by atoms with Gasteiger partial charge in [0.05, 0.1) is 11.6 Å². The number of ether oxygens (including phenoxy) is 1. The fourth-order valence-corrected chi connectivity index (χ4v) is 3.03. The highest BCUT2D eigenvalue weighted by Crippen LogP contribution is 2.33. The summed E-state index contributed by atoms with van der Waals surface area (Å²) in [5, 5.41) is 12.5. The monoisotopic (exact) mass is 350 g/mol. The van der Waals surface area contributed by atoms with Crippen molar-refractivity contribution in [2.75, 3.05) is 13.6 Å². The van der Waals surface area contributed by atoms with Gasteiger partial charge >= 0.3 is 12.1 Å². The predicted octanol–water partition coefficient (Wildman–Crippen LogP) is 3.47. The number of likely N-dealkylation sites (N-methyl/N-ethyl adjacent to an activating group) is 1. The van der Waals surface area contributed by atoms with E-state index in [9.17, 15) is 14.7 Å². The maximum atomic E-state index is 12.2. The summed E-state index contributed by atoms with van der Waals surface area (Å²) in [6.45, 7) is 13.6. The zero-order valence-corrected chi connectivity index (χ0v) is 16.1.